The Bertz CT molecular complexity index is 1160. The first kappa shape index (κ1) is 21.5. The van der Waals surface area contributed by atoms with Crippen molar-refractivity contribution in [2.45, 2.75) is 6.42 Å². The van der Waals surface area contributed by atoms with E-state index in [0.29, 0.717) is 29.8 Å². The first-order valence-corrected chi connectivity index (χ1v) is 9.53. The lowest BCUT2D eigenvalue weighted by atomic mass is 10.0. The Kier molecular flexibility index (Phi) is 6.91. The van der Waals surface area contributed by atoms with Crippen LogP contribution >= 0.6 is 0 Å². The van der Waals surface area contributed by atoms with Crippen LogP contribution in [0.2, 0.25) is 0 Å². The molecule has 0 unspecified atom stereocenters. The van der Waals surface area contributed by atoms with Crippen molar-refractivity contribution in [3.63, 3.8) is 0 Å². The predicted molar refractivity (Wildman–Crippen MR) is 115 cm³/mol. The Morgan fingerprint density at radius 3 is 2.65 bits per heavy atom. The second-order valence-electron chi connectivity index (χ2n) is 6.71. The molecule has 156 valence electrons. The number of hydrogen-bond donors (Lipinski definition) is 3. The number of aromatic nitrogens is 1. The number of primary amides is 1. The van der Waals surface area contributed by atoms with Gasteiger partial charge in [-0.25, -0.2) is 9.37 Å². The summed E-state index contributed by atoms with van der Waals surface area (Å²) in [5.74, 6) is -1.22. The number of nitriles is 1. The van der Waals surface area contributed by atoms with E-state index in [1.807, 2.05) is 0 Å². The minimum absolute atomic E-state index is 0.221. The molecule has 0 aliphatic rings. The number of nitrogens with two attached hydrogens (primary N) is 1. The molecule has 0 fully saturated rings. The van der Waals surface area contributed by atoms with Crippen LogP contribution in [0.4, 0.5) is 10.2 Å². The maximum Gasteiger partial charge on any atom is 0.255 e. The van der Waals surface area contributed by atoms with Crippen molar-refractivity contribution in [1.29, 1.82) is 5.26 Å². The number of rotatable bonds is 8. The molecule has 1 heterocycles. The zero-order valence-corrected chi connectivity index (χ0v) is 16.6. The summed E-state index contributed by atoms with van der Waals surface area (Å²) in [7, 11) is 0. The number of anilines is 1. The molecule has 0 saturated carbocycles. The topological polar surface area (TPSA) is 121 Å². The summed E-state index contributed by atoms with van der Waals surface area (Å²) in [5, 5.41) is 14.9. The maximum absolute atomic E-state index is 13.4. The summed E-state index contributed by atoms with van der Waals surface area (Å²) in [6.45, 7) is 0.0798. The van der Waals surface area contributed by atoms with Gasteiger partial charge in [0.25, 0.3) is 5.91 Å². The normalized spacial score (nSPS) is 10.2. The fraction of sp³-hybridized carbons (Fsp3) is 0.130. The van der Waals surface area contributed by atoms with Crippen molar-refractivity contribution in [1.82, 2.24) is 10.3 Å². The average molecular weight is 417 g/mol. The molecule has 7 nitrogen and oxygen atoms in total. The van der Waals surface area contributed by atoms with Gasteiger partial charge in [0.15, 0.2) is 0 Å². The highest BCUT2D eigenvalue weighted by Crippen LogP contribution is 2.25. The highest BCUT2D eigenvalue weighted by Gasteiger charge is 2.16. The predicted octanol–water partition coefficient (Wildman–Crippen LogP) is 2.63. The first-order chi connectivity index (χ1) is 15.0. The lowest BCUT2D eigenvalue weighted by molar-refractivity contribution is -0.117. The number of nitrogens with zero attached hydrogens (tertiary/aromatic N) is 2. The van der Waals surface area contributed by atoms with E-state index in [4.69, 9.17) is 5.73 Å². The third-order valence-electron chi connectivity index (χ3n) is 4.48. The number of carbonyl (C=O) groups is 2. The number of halogens is 1. The third-order valence-corrected chi connectivity index (χ3v) is 4.48. The van der Waals surface area contributed by atoms with Gasteiger partial charge in [0.2, 0.25) is 5.91 Å². The summed E-state index contributed by atoms with van der Waals surface area (Å²) in [5.41, 5.74) is 7.70. The van der Waals surface area contributed by atoms with Gasteiger partial charge in [-0.15, -0.1) is 0 Å². The van der Waals surface area contributed by atoms with Crippen molar-refractivity contribution in [3.05, 3.63) is 83.2 Å². The molecule has 0 bridgehead atoms. The second-order valence-corrected chi connectivity index (χ2v) is 6.71. The molecule has 0 radical (unpaired) electrons. The van der Waals surface area contributed by atoms with Gasteiger partial charge in [-0.1, -0.05) is 30.3 Å². The summed E-state index contributed by atoms with van der Waals surface area (Å²) < 4.78 is 13.4. The van der Waals surface area contributed by atoms with Gasteiger partial charge in [0, 0.05) is 12.1 Å². The molecule has 8 heteroatoms. The Balaban J connectivity index is 1.88. The van der Waals surface area contributed by atoms with Crippen LogP contribution in [0.1, 0.15) is 21.5 Å². The van der Waals surface area contributed by atoms with Crippen molar-refractivity contribution in [2.75, 3.05) is 18.4 Å². The van der Waals surface area contributed by atoms with Gasteiger partial charge < -0.3 is 16.4 Å². The van der Waals surface area contributed by atoms with E-state index >= 15 is 0 Å². The molecular formula is C23H20FN5O2. The molecule has 2 amide bonds. The van der Waals surface area contributed by atoms with Crippen LogP contribution in [0.5, 0.6) is 0 Å². The summed E-state index contributed by atoms with van der Waals surface area (Å²) in [6, 6.07) is 18.6. The zero-order valence-electron chi connectivity index (χ0n) is 16.6. The van der Waals surface area contributed by atoms with Gasteiger partial charge in [-0.3, -0.25) is 9.59 Å². The van der Waals surface area contributed by atoms with E-state index in [-0.39, 0.29) is 23.7 Å². The number of pyridine rings is 1. The molecule has 3 rings (SSSR count). The second kappa shape index (κ2) is 9.98. The molecule has 0 atom stereocenters. The van der Waals surface area contributed by atoms with Gasteiger partial charge in [0.1, 0.15) is 11.6 Å². The standard InChI is InChI=1S/C23H20FN5O2/c24-17-6-3-4-15(12-17)10-11-27-22-19(23(31)28-14-21(26)30)8-9-20(29-22)18-7-2-1-5-16(18)13-25/h1-9,12H,10-11,14H2,(H2,26,30)(H,27,29)(H,28,31). The number of hydrogen-bond acceptors (Lipinski definition) is 5. The van der Waals surface area contributed by atoms with Gasteiger partial charge in [0.05, 0.1) is 29.4 Å². The van der Waals surface area contributed by atoms with E-state index in [1.165, 1.54) is 12.1 Å². The number of carbonyl (C=O) groups excluding carboxylic acids is 2. The highest BCUT2D eigenvalue weighted by atomic mass is 19.1. The molecule has 0 saturated heterocycles. The first-order valence-electron chi connectivity index (χ1n) is 9.53. The van der Waals surface area contributed by atoms with Gasteiger partial charge in [-0.05, 0) is 42.3 Å². The Morgan fingerprint density at radius 2 is 1.90 bits per heavy atom. The quantitative estimate of drug-likeness (QED) is 0.520. The fourth-order valence-electron chi connectivity index (χ4n) is 3.01. The number of amides is 2. The summed E-state index contributed by atoms with van der Waals surface area (Å²) in [6.07, 6.45) is 0.501. The summed E-state index contributed by atoms with van der Waals surface area (Å²) in [4.78, 5) is 28.1. The monoisotopic (exact) mass is 417 g/mol. The van der Waals surface area contributed by atoms with Crippen molar-refractivity contribution >= 4 is 17.6 Å². The maximum atomic E-state index is 13.4. The minimum Gasteiger partial charge on any atom is -0.369 e. The van der Waals surface area contributed by atoms with Crippen molar-refractivity contribution < 1.29 is 14.0 Å². The van der Waals surface area contributed by atoms with E-state index < -0.39 is 11.8 Å². The van der Waals surface area contributed by atoms with Crippen LogP contribution in [0.3, 0.4) is 0 Å². The average Bonchev–Trinajstić information content (AvgIpc) is 2.77. The molecule has 31 heavy (non-hydrogen) atoms. The van der Waals surface area contributed by atoms with E-state index in [0.717, 1.165) is 5.56 Å². The smallest absolute Gasteiger partial charge is 0.255 e. The van der Waals surface area contributed by atoms with E-state index in [9.17, 15) is 19.2 Å². The Hall–Kier alpha value is -4.25. The molecule has 0 spiro atoms. The van der Waals surface area contributed by atoms with Crippen LogP contribution in [-0.4, -0.2) is 29.9 Å². The molecule has 2 aromatic carbocycles. The lowest BCUT2D eigenvalue weighted by Gasteiger charge is -2.13. The zero-order chi connectivity index (χ0) is 22.2. The van der Waals surface area contributed by atoms with Gasteiger partial charge in [-0.2, -0.15) is 5.26 Å². The largest absolute Gasteiger partial charge is 0.369 e. The summed E-state index contributed by atoms with van der Waals surface area (Å²) >= 11 is 0. The van der Waals surface area contributed by atoms with E-state index in [1.54, 1.807) is 48.5 Å². The van der Waals surface area contributed by atoms with Crippen LogP contribution in [0, 0.1) is 17.1 Å². The molecule has 0 aliphatic heterocycles. The third kappa shape index (κ3) is 5.64. The molecule has 3 aromatic rings. The number of benzene rings is 2. The molecule has 0 aliphatic carbocycles. The lowest BCUT2D eigenvalue weighted by Crippen LogP contribution is -2.33. The van der Waals surface area contributed by atoms with Crippen LogP contribution in [0.15, 0.2) is 60.7 Å². The fourth-order valence-corrected chi connectivity index (χ4v) is 3.01. The van der Waals surface area contributed by atoms with Crippen molar-refractivity contribution in [2.24, 2.45) is 5.73 Å². The SMILES string of the molecule is N#Cc1ccccc1-c1ccc(C(=O)NCC(N)=O)c(NCCc2cccc(F)c2)n1. The molecule has 4 N–H and O–H groups in total. The van der Waals surface area contributed by atoms with Gasteiger partial charge >= 0.3 is 0 Å². The van der Waals surface area contributed by atoms with Crippen LogP contribution < -0.4 is 16.4 Å². The van der Waals surface area contributed by atoms with Crippen LogP contribution in [0.25, 0.3) is 11.3 Å². The molecule has 1 aromatic heterocycles. The molecular weight excluding hydrogens is 397 g/mol. The van der Waals surface area contributed by atoms with E-state index in [2.05, 4.69) is 21.7 Å². The number of nitrogens with one attached hydrogen (secondary N) is 2. The van der Waals surface area contributed by atoms with Crippen molar-refractivity contribution in [3.8, 4) is 17.3 Å². The minimum atomic E-state index is -0.665. The highest BCUT2D eigenvalue weighted by molar-refractivity contribution is 6.00. The Labute approximate surface area is 178 Å². The Morgan fingerprint density at radius 1 is 1.10 bits per heavy atom. The van der Waals surface area contributed by atoms with Crippen LogP contribution in [-0.2, 0) is 11.2 Å².